The summed E-state index contributed by atoms with van der Waals surface area (Å²) >= 11 is -0.191. The van der Waals surface area contributed by atoms with Crippen LogP contribution in [0, 0.1) is 7.14 Å². The zero-order chi connectivity index (χ0) is 30.2. The molecule has 218 valence electrons. The summed E-state index contributed by atoms with van der Waals surface area (Å²) in [5.74, 6) is 1.51. The van der Waals surface area contributed by atoms with E-state index in [4.69, 9.17) is 9.41 Å². The molecule has 0 aliphatic carbocycles. The number of benzene rings is 6. The number of hydrogen-bond acceptors (Lipinski definition) is 3. The van der Waals surface area contributed by atoms with Crippen LogP contribution in [0.2, 0.25) is 0 Å². The van der Waals surface area contributed by atoms with Crippen molar-refractivity contribution in [3.63, 3.8) is 0 Å². The topological polar surface area (TPSA) is 49.9 Å². The van der Waals surface area contributed by atoms with E-state index in [9.17, 15) is 0 Å². The predicted molar refractivity (Wildman–Crippen MR) is 181 cm³/mol. The molecule has 5 heteroatoms. The third-order valence-electron chi connectivity index (χ3n) is 8.21. The second-order valence-corrected chi connectivity index (χ2v) is 13.7. The monoisotopic (exact) mass is 694 g/mol. The van der Waals surface area contributed by atoms with E-state index in [1.54, 1.807) is 0 Å². The molecule has 1 aliphatic heterocycles. The van der Waals surface area contributed by atoms with Gasteiger partial charge in [0.05, 0.1) is 0 Å². The van der Waals surface area contributed by atoms with Crippen LogP contribution in [-0.4, -0.2) is 18.7 Å². The summed E-state index contributed by atoms with van der Waals surface area (Å²) in [6, 6.07) is 49.0. The van der Waals surface area contributed by atoms with Crippen molar-refractivity contribution in [1.29, 1.82) is 0 Å². The van der Waals surface area contributed by atoms with E-state index in [1.165, 1.54) is 29.4 Å². The molecule has 1 aromatic heterocycles. The van der Waals surface area contributed by atoms with Crippen LogP contribution in [-0.2, 0) is 6.54 Å². The van der Waals surface area contributed by atoms with Crippen LogP contribution in [0.25, 0.3) is 44.2 Å². The normalized spacial score (nSPS) is 13.0. The molecule has 0 saturated carbocycles. The van der Waals surface area contributed by atoms with E-state index >= 15 is 0 Å². The van der Waals surface area contributed by atoms with Gasteiger partial charge in [0.15, 0.2) is 0 Å². The molecule has 1 aliphatic rings. The average Bonchev–Trinajstić information content (AvgIpc) is 3.68. The number of nitrogens with one attached hydrogen (secondary N) is 1. The van der Waals surface area contributed by atoms with Crippen LogP contribution in [0.1, 0.15) is 16.7 Å². The van der Waals surface area contributed by atoms with Gasteiger partial charge in [-0.15, -0.1) is 0 Å². The molecule has 0 bridgehead atoms. The fourth-order valence-electron chi connectivity index (χ4n) is 6.02. The van der Waals surface area contributed by atoms with Gasteiger partial charge in [0, 0.05) is 17.8 Å². The van der Waals surface area contributed by atoms with Crippen LogP contribution >= 0.6 is 0 Å². The number of aliphatic imine (C=N–C) groups is 2. The molecule has 0 spiro atoms. The second-order valence-electron chi connectivity index (χ2n) is 10.9. The predicted octanol–water partition coefficient (Wildman–Crippen LogP) is 5.97. The summed E-state index contributed by atoms with van der Waals surface area (Å²) in [5.41, 5.74) is 10.2. The quantitative estimate of drug-likeness (QED) is 0.137. The molecule has 8 rings (SSSR count). The molecule has 0 saturated heterocycles. The van der Waals surface area contributed by atoms with E-state index in [0.29, 0.717) is 6.54 Å². The van der Waals surface area contributed by atoms with Gasteiger partial charge in [-0.2, -0.15) is 0 Å². The van der Waals surface area contributed by atoms with Crippen molar-refractivity contribution in [2.45, 2.75) is 6.54 Å². The molecule has 0 unspecified atom stereocenters. The number of nitrogens with zero attached hydrogens (tertiary/aromatic N) is 2. The minimum absolute atomic E-state index is 0.191. The summed E-state index contributed by atoms with van der Waals surface area (Å²) in [6.45, 7) is 0.540. The number of furan rings is 1. The maximum atomic E-state index is 6.15. The summed E-state index contributed by atoms with van der Waals surface area (Å²) in [4.78, 5) is 9.79. The molecule has 4 nitrogen and oxygen atoms in total. The first-order valence-corrected chi connectivity index (χ1v) is 17.1. The fourth-order valence-corrected chi connectivity index (χ4v) is 9.29. The van der Waals surface area contributed by atoms with E-state index in [1.807, 2.05) is 55.6 Å². The molecule has 0 atom stereocenters. The number of para-hydroxylation sites is 1. The van der Waals surface area contributed by atoms with Crippen molar-refractivity contribution in [3.05, 3.63) is 163 Å². The van der Waals surface area contributed by atoms with Gasteiger partial charge < -0.3 is 4.42 Å². The molecule has 0 radical (unpaired) electrons. The van der Waals surface area contributed by atoms with E-state index in [2.05, 4.69) is 101 Å². The summed E-state index contributed by atoms with van der Waals surface area (Å²) in [6.07, 6.45) is 0. The molecular formula is C40H29IN3O-. The molecule has 45 heavy (non-hydrogen) atoms. The zero-order valence-corrected chi connectivity index (χ0v) is 26.8. The van der Waals surface area contributed by atoms with Crippen molar-refractivity contribution >= 4 is 33.6 Å². The maximum absolute atomic E-state index is 6.15. The summed E-state index contributed by atoms with van der Waals surface area (Å²) in [5, 5.41) is 5.70. The first-order chi connectivity index (χ1) is 22.3. The molecule has 0 fully saturated rings. The van der Waals surface area contributed by atoms with Gasteiger partial charge in [-0.3, -0.25) is 0 Å². The van der Waals surface area contributed by atoms with E-state index < -0.39 is 0 Å². The fraction of sp³-hybridized carbons (Fsp3) is 0.0500. The van der Waals surface area contributed by atoms with Crippen molar-refractivity contribution < 1.29 is 25.6 Å². The number of amidine groups is 2. The number of rotatable bonds is 5. The Hall–Kier alpha value is -5.01. The number of hydrogen-bond donors (Lipinski definition) is 1. The van der Waals surface area contributed by atoms with Crippen molar-refractivity contribution in [3.8, 4) is 22.3 Å². The summed E-state index contributed by atoms with van der Waals surface area (Å²) < 4.78 is 9.18. The van der Waals surface area contributed by atoms with Crippen LogP contribution in [0.4, 0.5) is 0 Å². The Balaban J connectivity index is 1.10. The Bertz CT molecular complexity index is 2250. The first kappa shape index (κ1) is 27.5. The molecule has 6 aromatic carbocycles. The van der Waals surface area contributed by atoms with Crippen molar-refractivity contribution in [1.82, 2.24) is 5.32 Å². The first-order valence-electron chi connectivity index (χ1n) is 15.0. The molecule has 7 aromatic rings. The second kappa shape index (κ2) is 11.8. The Morgan fingerprint density at radius 1 is 0.644 bits per heavy atom. The Morgan fingerprint density at radius 2 is 1.36 bits per heavy atom. The van der Waals surface area contributed by atoms with Crippen LogP contribution < -0.4 is 26.5 Å². The van der Waals surface area contributed by atoms with E-state index in [0.717, 1.165) is 50.3 Å². The molecule has 0 amide bonds. The SMILES string of the molecule is CN=C(NC(=NCc1ccc(-c2cccc3c2[I-]c2ccccc2-3)cc1)c1ccccc1)c1cccc2oc3ccccc3c12. The van der Waals surface area contributed by atoms with Gasteiger partial charge >= 0.3 is 192 Å². The van der Waals surface area contributed by atoms with Crippen LogP contribution in [0.15, 0.2) is 154 Å². The smallest absolute Gasteiger partial charge is 0.456 e. The van der Waals surface area contributed by atoms with Gasteiger partial charge in [0.2, 0.25) is 0 Å². The third-order valence-corrected chi connectivity index (χ3v) is 11.4. The van der Waals surface area contributed by atoms with Crippen LogP contribution in [0.5, 0.6) is 0 Å². The molecule has 1 N–H and O–H groups in total. The Labute approximate surface area is 272 Å². The minimum Gasteiger partial charge on any atom is -0.456 e. The average molecular weight is 695 g/mol. The van der Waals surface area contributed by atoms with Crippen molar-refractivity contribution in [2.75, 3.05) is 7.05 Å². The van der Waals surface area contributed by atoms with Crippen LogP contribution in [0.3, 0.4) is 0 Å². The van der Waals surface area contributed by atoms with Gasteiger partial charge in [0.1, 0.15) is 11.2 Å². The third kappa shape index (κ3) is 5.13. The van der Waals surface area contributed by atoms with E-state index in [-0.39, 0.29) is 21.2 Å². The van der Waals surface area contributed by atoms with Gasteiger partial charge in [-0.05, 0) is 12.1 Å². The molecule has 2 heterocycles. The standard InChI is InChI=1S/C40H29IN3O/c1-42-40(33-17-10-20-36-37(33)32-14-6-8-19-35(32)45-36)44-39(28-11-3-2-4-12-28)43-25-26-21-23-27(24-22-26)29-15-9-16-31-30-13-5-7-18-34(30)41-38(29)31/h2-24H,25H2,1H3,(H,42,43,44)/q-1. The Kier molecular flexibility index (Phi) is 7.23. The van der Waals surface area contributed by atoms with Gasteiger partial charge in [0.25, 0.3) is 0 Å². The number of halogens is 1. The molecular weight excluding hydrogens is 665 g/mol. The van der Waals surface area contributed by atoms with Crippen molar-refractivity contribution in [2.24, 2.45) is 9.98 Å². The zero-order valence-electron chi connectivity index (χ0n) is 24.7. The van der Waals surface area contributed by atoms with Gasteiger partial charge in [-0.25, -0.2) is 0 Å². The number of fused-ring (bicyclic) bond motifs is 6. The van der Waals surface area contributed by atoms with Gasteiger partial charge in [-0.1, -0.05) is 36.4 Å². The minimum atomic E-state index is -0.191. The Morgan fingerprint density at radius 3 is 2.22 bits per heavy atom. The summed E-state index contributed by atoms with van der Waals surface area (Å²) in [7, 11) is 1.81.